The number of halogens is 2. The maximum absolute atomic E-state index is 14.8. The number of rotatable bonds is 12. The lowest BCUT2D eigenvalue weighted by molar-refractivity contribution is -0.103. The van der Waals surface area contributed by atoms with E-state index in [-0.39, 0.29) is 36.8 Å². The molecule has 2 aromatic heterocycles. The number of nitrogens with one attached hydrogen (secondary N) is 1. The number of imidazole rings is 1. The third-order valence-corrected chi connectivity index (χ3v) is 9.51. The molecule has 46 heavy (non-hydrogen) atoms. The van der Waals surface area contributed by atoms with E-state index in [1.807, 2.05) is 35.4 Å². The first-order valence-electron chi connectivity index (χ1n) is 15.8. The molecule has 2 saturated heterocycles. The molecule has 1 unspecified atom stereocenters. The van der Waals surface area contributed by atoms with Gasteiger partial charge in [0, 0.05) is 42.6 Å². The molecule has 2 aliphatic heterocycles. The first-order valence-corrected chi connectivity index (χ1v) is 17.1. The Morgan fingerprint density at radius 1 is 1.20 bits per heavy atom. The van der Waals surface area contributed by atoms with Crippen LogP contribution in [0.25, 0.3) is 5.65 Å². The van der Waals surface area contributed by atoms with Gasteiger partial charge in [-0.15, -0.1) is 16.9 Å². The molecule has 2 aliphatic rings. The summed E-state index contributed by atoms with van der Waals surface area (Å²) in [4.78, 5) is 22.9. The Morgan fingerprint density at radius 2 is 2.07 bits per heavy atom. The van der Waals surface area contributed by atoms with Crippen LogP contribution in [0.5, 0.6) is 0 Å². The number of anilines is 1. The molecule has 4 atom stereocenters. The quantitative estimate of drug-likeness (QED) is 0.115. The maximum atomic E-state index is 14.8. The minimum atomic E-state index is -1.09. The topological polar surface area (TPSA) is 95.2 Å². The Bertz CT molecular complexity index is 1670. The molecule has 0 bridgehead atoms. The molecule has 4 heterocycles. The predicted octanol–water partition coefficient (Wildman–Crippen LogP) is 5.69. The van der Waals surface area contributed by atoms with Crippen molar-refractivity contribution in [2.24, 2.45) is 0 Å². The Hall–Kier alpha value is -3.58. The Kier molecular flexibility index (Phi) is 10.2. The summed E-state index contributed by atoms with van der Waals surface area (Å²) in [6, 6.07) is 15.5. The van der Waals surface area contributed by atoms with E-state index in [0.29, 0.717) is 36.9 Å². The number of carbonyl (C=O) groups excluding carboxylic acids is 1. The Morgan fingerprint density at radius 3 is 2.89 bits per heavy atom. The average molecular weight is 651 g/mol. The summed E-state index contributed by atoms with van der Waals surface area (Å²) in [5.74, 6) is -0.150. The van der Waals surface area contributed by atoms with Crippen LogP contribution in [0.1, 0.15) is 72.1 Å². The summed E-state index contributed by atoms with van der Waals surface area (Å²) < 4.78 is 36.1. The number of benzene rings is 2. The number of nitrogens with zero attached hydrogens (tertiary/aromatic N) is 5. The normalized spacial score (nSPS) is 20.9. The number of amides is 1. The van der Waals surface area contributed by atoms with E-state index in [1.54, 1.807) is 18.2 Å². The smallest absolute Gasteiger partial charge is 0.271 e. The Labute approximate surface area is 271 Å². The fourth-order valence-electron chi connectivity index (χ4n) is 6.36. The highest BCUT2D eigenvalue weighted by Crippen LogP contribution is 2.40. The van der Waals surface area contributed by atoms with Crippen LogP contribution in [0.4, 0.5) is 14.6 Å². The molecule has 0 saturated carbocycles. The zero-order valence-corrected chi connectivity index (χ0v) is 26.9. The SMILES string of the molecule is CCCCOC(O)c1cccc(CN2CC[C@H](NC(=O)c3cnc4ccc(N5C[C@@H](F)C[C@@H]5c5cc(F)ccc5SC)nn34)C2)c1. The third-order valence-electron chi connectivity index (χ3n) is 8.70. The lowest BCUT2D eigenvalue weighted by atomic mass is 10.0. The van der Waals surface area contributed by atoms with Crippen LogP contribution in [0, 0.1) is 5.82 Å². The first kappa shape index (κ1) is 32.4. The monoisotopic (exact) mass is 650 g/mol. The molecule has 12 heteroatoms. The van der Waals surface area contributed by atoms with Crippen molar-refractivity contribution in [1.29, 1.82) is 0 Å². The number of aliphatic hydroxyl groups is 1. The van der Waals surface area contributed by atoms with Crippen molar-refractivity contribution >= 4 is 29.1 Å². The second kappa shape index (κ2) is 14.5. The van der Waals surface area contributed by atoms with E-state index in [9.17, 15) is 18.7 Å². The summed E-state index contributed by atoms with van der Waals surface area (Å²) in [6.07, 6.45) is 4.31. The van der Waals surface area contributed by atoms with Crippen LogP contribution in [-0.2, 0) is 11.3 Å². The minimum absolute atomic E-state index is 0.0550. The van der Waals surface area contributed by atoms with Gasteiger partial charge in [0.2, 0.25) is 0 Å². The van der Waals surface area contributed by atoms with Crippen LogP contribution >= 0.6 is 11.8 Å². The van der Waals surface area contributed by atoms with E-state index in [2.05, 4.69) is 22.1 Å². The fraction of sp³-hybridized carbons (Fsp3) is 0.441. The minimum Gasteiger partial charge on any atom is -0.364 e. The van der Waals surface area contributed by atoms with Gasteiger partial charge in [0.05, 0.1) is 25.4 Å². The van der Waals surface area contributed by atoms with Crippen LogP contribution in [0.2, 0.25) is 0 Å². The highest BCUT2D eigenvalue weighted by Gasteiger charge is 2.36. The number of unbranched alkanes of at least 4 members (excludes halogenated alkanes) is 1. The van der Waals surface area contributed by atoms with Crippen molar-refractivity contribution in [2.45, 2.75) is 68.6 Å². The number of carbonyl (C=O) groups is 1. The van der Waals surface area contributed by atoms with Gasteiger partial charge in [0.25, 0.3) is 5.91 Å². The molecule has 2 aromatic carbocycles. The first-order chi connectivity index (χ1) is 22.3. The number of ether oxygens (including phenoxy) is 1. The maximum Gasteiger partial charge on any atom is 0.271 e. The number of alkyl halides is 1. The van der Waals surface area contributed by atoms with Crippen molar-refractivity contribution in [2.75, 3.05) is 37.4 Å². The van der Waals surface area contributed by atoms with Crippen LogP contribution < -0.4 is 10.2 Å². The summed E-state index contributed by atoms with van der Waals surface area (Å²) >= 11 is 1.50. The van der Waals surface area contributed by atoms with E-state index in [0.717, 1.165) is 47.4 Å². The largest absolute Gasteiger partial charge is 0.364 e. The fourth-order valence-corrected chi connectivity index (χ4v) is 7.00. The molecule has 2 fully saturated rings. The summed E-state index contributed by atoms with van der Waals surface area (Å²) in [7, 11) is 0. The highest BCUT2D eigenvalue weighted by molar-refractivity contribution is 7.98. The van der Waals surface area contributed by atoms with Crippen molar-refractivity contribution in [1.82, 2.24) is 24.8 Å². The van der Waals surface area contributed by atoms with Gasteiger partial charge in [-0.05, 0) is 66.6 Å². The second-order valence-corrected chi connectivity index (χ2v) is 12.9. The molecule has 244 valence electrons. The van der Waals surface area contributed by atoms with Gasteiger partial charge in [-0.1, -0.05) is 31.5 Å². The molecule has 0 spiro atoms. The second-order valence-electron chi connectivity index (χ2n) is 12.0. The van der Waals surface area contributed by atoms with Gasteiger partial charge >= 0.3 is 0 Å². The predicted molar refractivity (Wildman–Crippen MR) is 174 cm³/mol. The highest BCUT2D eigenvalue weighted by atomic mass is 32.2. The molecule has 1 amide bonds. The molecular formula is C34H40F2N6O3S. The number of aliphatic hydroxyl groups excluding tert-OH is 1. The van der Waals surface area contributed by atoms with Gasteiger partial charge in [-0.25, -0.2) is 18.3 Å². The average Bonchev–Trinajstić information content (AvgIpc) is 3.79. The number of hydrogen-bond acceptors (Lipinski definition) is 8. The van der Waals surface area contributed by atoms with Crippen molar-refractivity contribution in [3.8, 4) is 0 Å². The molecular weight excluding hydrogens is 610 g/mol. The summed E-state index contributed by atoms with van der Waals surface area (Å²) in [5, 5.41) is 18.3. The van der Waals surface area contributed by atoms with E-state index in [1.165, 1.54) is 34.6 Å². The summed E-state index contributed by atoms with van der Waals surface area (Å²) in [5.41, 5.74) is 3.33. The molecule has 2 N–H and O–H groups in total. The van der Waals surface area contributed by atoms with Gasteiger partial charge < -0.3 is 20.1 Å². The molecule has 4 aromatic rings. The number of thioether (sulfide) groups is 1. The summed E-state index contributed by atoms with van der Waals surface area (Å²) in [6.45, 7) is 4.91. The standard InChI is InChI=1S/C34H40F2N6O3S/c1-3-4-14-45-34(44)23-7-5-6-22(15-23)19-40-13-12-26(21-40)38-33(43)29-18-37-31-10-11-32(39-42(29)31)41-20-25(36)17-28(41)27-16-24(35)8-9-30(27)46-2/h5-11,15-16,18,25-26,28,34,44H,3-4,12-14,17,19-21H2,1-2H3,(H,38,43)/t25-,26-,28+,34?/m0/s1. The van der Waals surface area contributed by atoms with Crippen LogP contribution in [-0.4, -0.2) is 75.2 Å². The van der Waals surface area contributed by atoms with Gasteiger partial charge in [0.15, 0.2) is 17.6 Å². The van der Waals surface area contributed by atoms with E-state index < -0.39 is 12.5 Å². The zero-order valence-electron chi connectivity index (χ0n) is 26.1. The number of hydrogen-bond donors (Lipinski definition) is 2. The third kappa shape index (κ3) is 7.20. The number of fused-ring (bicyclic) bond motifs is 1. The van der Waals surface area contributed by atoms with Gasteiger partial charge in [-0.2, -0.15) is 0 Å². The Balaban J connectivity index is 1.12. The lowest BCUT2D eigenvalue weighted by Gasteiger charge is -2.27. The number of aromatic nitrogens is 3. The molecule has 6 rings (SSSR count). The molecule has 0 aliphatic carbocycles. The van der Waals surface area contributed by atoms with Crippen molar-refractivity contribution in [3.05, 3.63) is 89.0 Å². The van der Waals surface area contributed by atoms with Crippen molar-refractivity contribution < 1.29 is 23.4 Å². The van der Waals surface area contributed by atoms with Gasteiger partial charge in [-0.3, -0.25) is 9.69 Å². The van der Waals surface area contributed by atoms with Crippen LogP contribution in [0.3, 0.4) is 0 Å². The van der Waals surface area contributed by atoms with Gasteiger partial charge in [0.1, 0.15) is 17.8 Å². The van der Waals surface area contributed by atoms with Crippen LogP contribution in [0.15, 0.2) is 65.7 Å². The number of likely N-dealkylation sites (tertiary alicyclic amines) is 1. The zero-order chi connectivity index (χ0) is 32.2. The lowest BCUT2D eigenvalue weighted by Crippen LogP contribution is -2.37. The van der Waals surface area contributed by atoms with Crippen molar-refractivity contribution in [3.63, 3.8) is 0 Å². The van der Waals surface area contributed by atoms with E-state index >= 15 is 0 Å². The molecule has 0 radical (unpaired) electrons. The van der Waals surface area contributed by atoms with E-state index in [4.69, 9.17) is 9.84 Å². The molecule has 9 nitrogen and oxygen atoms in total.